The third-order valence-electron chi connectivity index (χ3n) is 15.1. The molecule has 2 atom stereocenters. The molecule has 0 aliphatic heterocycles. The van der Waals surface area contributed by atoms with Gasteiger partial charge in [0.25, 0.3) is 0 Å². The van der Waals surface area contributed by atoms with Gasteiger partial charge in [0, 0.05) is 22.5 Å². The number of aromatic nitrogens is 2. The first-order valence-corrected chi connectivity index (χ1v) is 27.2. The number of nitrogens with zero attached hydrogens (tertiary/aromatic N) is 2. The molecule has 2 N–H and O–H groups in total. The fraction of sp³-hybridized carbons (Fsp3) is 0.239. The highest BCUT2D eigenvalue weighted by Crippen LogP contribution is 2.42. The first-order chi connectivity index (χ1) is 36.3. The van der Waals surface area contributed by atoms with Gasteiger partial charge in [-0.15, -0.1) is 0 Å². The van der Waals surface area contributed by atoms with Gasteiger partial charge in [0.05, 0.1) is 34.9 Å². The summed E-state index contributed by atoms with van der Waals surface area (Å²) in [6.45, 7) is 23.0. The minimum absolute atomic E-state index is 0.185. The van der Waals surface area contributed by atoms with Crippen molar-refractivity contribution in [3.8, 4) is 22.5 Å². The number of nitrogens with one attached hydrogen (secondary N) is 2. The zero-order chi connectivity index (χ0) is 52.3. The lowest BCUT2D eigenvalue weighted by Crippen LogP contribution is -2.19. The predicted octanol–water partition coefficient (Wildman–Crippen LogP) is 19.2. The van der Waals surface area contributed by atoms with E-state index in [1.807, 2.05) is 0 Å². The van der Waals surface area contributed by atoms with Gasteiger partial charge in [0.2, 0.25) is 0 Å². The number of para-hydroxylation sites is 1. The molecule has 2 aromatic heterocycles. The summed E-state index contributed by atoms with van der Waals surface area (Å²) in [6, 6.07) is 70.6. The zero-order valence-corrected chi connectivity index (χ0v) is 45.5. The van der Waals surface area contributed by atoms with Crippen LogP contribution >= 0.6 is 0 Å². The number of rotatable bonds is 16. The highest BCUT2D eigenvalue weighted by molar-refractivity contribution is 5.96. The second kappa shape index (κ2) is 21.9. The number of pyridine rings is 2. The molecule has 75 heavy (non-hydrogen) atoms. The second-order valence-electron chi connectivity index (χ2n) is 22.0. The van der Waals surface area contributed by atoms with Crippen molar-refractivity contribution in [2.45, 2.75) is 111 Å². The van der Waals surface area contributed by atoms with Crippen LogP contribution in [0.4, 0.5) is 11.4 Å². The van der Waals surface area contributed by atoms with Gasteiger partial charge >= 0.3 is 0 Å². The van der Waals surface area contributed by atoms with Gasteiger partial charge < -0.3 is 10.6 Å². The molecule has 8 aromatic carbocycles. The summed E-state index contributed by atoms with van der Waals surface area (Å²) in [5, 5.41) is 13.2. The number of hydrogen-bond acceptors (Lipinski definition) is 4. The van der Waals surface area contributed by atoms with Crippen molar-refractivity contribution in [2.75, 3.05) is 10.6 Å². The topological polar surface area (TPSA) is 49.8 Å². The summed E-state index contributed by atoms with van der Waals surface area (Å²) in [6.07, 6.45) is 0.792. The van der Waals surface area contributed by atoms with Crippen molar-refractivity contribution in [1.82, 2.24) is 9.97 Å². The van der Waals surface area contributed by atoms with Crippen molar-refractivity contribution in [3.05, 3.63) is 261 Å². The van der Waals surface area contributed by atoms with Crippen LogP contribution in [0.25, 0.3) is 44.1 Å². The average Bonchev–Trinajstić information content (AvgIpc) is 3.41. The number of fused-ring (bicyclic) bond motifs is 2. The maximum atomic E-state index is 5.56. The fourth-order valence-corrected chi connectivity index (χ4v) is 11.3. The van der Waals surface area contributed by atoms with Gasteiger partial charge in [-0.3, -0.25) is 9.97 Å². The quantitative estimate of drug-likeness (QED) is 0.101. The third kappa shape index (κ3) is 10.8. The molecular weight excluding hydrogens is 909 g/mol. The number of benzene rings is 8. The van der Waals surface area contributed by atoms with Gasteiger partial charge in [-0.1, -0.05) is 231 Å². The Bertz CT molecular complexity index is 3590. The van der Waals surface area contributed by atoms with E-state index in [1.165, 1.54) is 88.6 Å². The monoisotopic (exact) mass is 981 g/mol. The van der Waals surface area contributed by atoms with Gasteiger partial charge in [-0.2, -0.15) is 0 Å². The highest BCUT2D eigenvalue weighted by atomic mass is 15.0. The van der Waals surface area contributed by atoms with Crippen LogP contribution in [0.1, 0.15) is 158 Å². The Morgan fingerprint density at radius 1 is 0.373 bits per heavy atom. The van der Waals surface area contributed by atoms with Gasteiger partial charge in [-0.05, 0) is 140 Å². The summed E-state index contributed by atoms with van der Waals surface area (Å²) in [4.78, 5) is 11.1. The molecule has 4 nitrogen and oxygen atoms in total. The lowest BCUT2D eigenvalue weighted by Gasteiger charge is -2.29. The van der Waals surface area contributed by atoms with Crippen molar-refractivity contribution < 1.29 is 0 Å². The van der Waals surface area contributed by atoms with E-state index in [-0.39, 0.29) is 23.9 Å². The van der Waals surface area contributed by atoms with E-state index in [9.17, 15) is 0 Å². The van der Waals surface area contributed by atoms with Crippen LogP contribution in [0.15, 0.2) is 194 Å². The van der Waals surface area contributed by atoms with Crippen molar-refractivity contribution in [3.63, 3.8) is 0 Å². The maximum absolute atomic E-state index is 5.56. The SMILES string of the molecule is Cc1cc(Cc2cc(C(C)C)c(NC(c3cccc(-c4cccc5ccccc45)n3)c3ccccc3C)c(C(C)C)c2)cc(C(Nc2c(C(C)C)cccc2C(C)C)c2cccc(-c3cccc4ccccc34)n2)c1. The predicted molar refractivity (Wildman–Crippen MR) is 320 cm³/mol. The van der Waals surface area contributed by atoms with Crippen LogP contribution in [0.3, 0.4) is 0 Å². The standard InChI is InChI=1S/C71H72N4/c1-44(2)55-30-19-31-56(45(3)4)69(55)74-68(66-36-20-34-64(72-66)60-32-17-25-52-23-12-15-28-58(52)60)54-39-48(9)38-50(41-54)40-51-42-62(46(5)6)70(63(43-51)47(7)8)75-71(57-27-14-11-22-49(57)10)67-37-21-35-65(73-67)61-33-18-26-53-24-13-16-29-59(53)61/h11-39,41-47,68,71,74-75H,40H2,1-10H3. The molecule has 2 heterocycles. The Morgan fingerprint density at radius 2 is 0.800 bits per heavy atom. The molecule has 376 valence electrons. The largest absolute Gasteiger partial charge is 0.372 e. The molecule has 4 heteroatoms. The molecule has 0 aliphatic rings. The maximum Gasteiger partial charge on any atom is 0.0943 e. The van der Waals surface area contributed by atoms with Crippen molar-refractivity contribution in [2.24, 2.45) is 0 Å². The van der Waals surface area contributed by atoms with E-state index in [4.69, 9.17) is 9.97 Å². The molecule has 0 saturated heterocycles. The second-order valence-corrected chi connectivity index (χ2v) is 22.0. The zero-order valence-electron chi connectivity index (χ0n) is 45.5. The molecule has 10 aromatic rings. The molecule has 2 unspecified atom stereocenters. The van der Waals surface area contributed by atoms with Crippen LogP contribution in [-0.2, 0) is 6.42 Å². The molecule has 0 aliphatic carbocycles. The molecule has 0 fully saturated rings. The number of aryl methyl sites for hydroxylation is 2. The van der Waals surface area contributed by atoms with E-state index in [0.717, 1.165) is 40.3 Å². The number of hydrogen-bond donors (Lipinski definition) is 2. The summed E-state index contributed by atoms with van der Waals surface area (Å²) in [5.41, 5.74) is 21.3. The van der Waals surface area contributed by atoms with Gasteiger partial charge in [0.1, 0.15) is 0 Å². The summed E-state index contributed by atoms with van der Waals surface area (Å²) in [5.74, 6) is 1.19. The van der Waals surface area contributed by atoms with Crippen LogP contribution in [0, 0.1) is 13.8 Å². The highest BCUT2D eigenvalue weighted by Gasteiger charge is 2.26. The first kappa shape index (κ1) is 50.7. The van der Waals surface area contributed by atoms with Gasteiger partial charge in [-0.25, -0.2) is 0 Å². The summed E-state index contributed by atoms with van der Waals surface area (Å²) >= 11 is 0. The van der Waals surface area contributed by atoms with Crippen molar-refractivity contribution >= 4 is 32.9 Å². The Hall–Kier alpha value is -7.82. The van der Waals surface area contributed by atoms with Crippen LogP contribution in [0.5, 0.6) is 0 Å². The van der Waals surface area contributed by atoms with E-state index >= 15 is 0 Å². The lowest BCUT2D eigenvalue weighted by molar-refractivity contribution is 0.808. The van der Waals surface area contributed by atoms with Crippen LogP contribution < -0.4 is 10.6 Å². The third-order valence-corrected chi connectivity index (χ3v) is 15.1. The normalized spacial score (nSPS) is 12.6. The molecule has 0 saturated carbocycles. The van der Waals surface area contributed by atoms with E-state index in [2.05, 4.69) is 274 Å². The fourth-order valence-electron chi connectivity index (χ4n) is 11.3. The first-order valence-electron chi connectivity index (χ1n) is 27.2. The van der Waals surface area contributed by atoms with Crippen molar-refractivity contribution in [1.29, 1.82) is 0 Å². The van der Waals surface area contributed by atoms with Crippen LogP contribution in [0.2, 0.25) is 0 Å². The van der Waals surface area contributed by atoms with E-state index in [0.29, 0.717) is 11.8 Å². The lowest BCUT2D eigenvalue weighted by atomic mass is 9.87. The average molecular weight is 981 g/mol. The molecular formula is C71H72N4. The summed E-state index contributed by atoms with van der Waals surface area (Å²) in [7, 11) is 0. The molecule has 10 rings (SSSR count). The molecule has 0 amide bonds. The Balaban J connectivity index is 1.06. The number of anilines is 2. The van der Waals surface area contributed by atoms with Gasteiger partial charge in [0.15, 0.2) is 0 Å². The Labute approximate surface area is 446 Å². The van der Waals surface area contributed by atoms with Crippen LogP contribution in [-0.4, -0.2) is 9.97 Å². The minimum atomic E-state index is -0.217. The molecule has 0 bridgehead atoms. The molecule has 0 spiro atoms. The smallest absolute Gasteiger partial charge is 0.0943 e. The van der Waals surface area contributed by atoms with E-state index < -0.39 is 0 Å². The minimum Gasteiger partial charge on any atom is -0.372 e. The van der Waals surface area contributed by atoms with E-state index in [1.54, 1.807) is 0 Å². The summed E-state index contributed by atoms with van der Waals surface area (Å²) < 4.78 is 0. The Morgan fingerprint density at radius 3 is 1.35 bits per heavy atom. The Kier molecular flexibility index (Phi) is 14.8. The molecule has 0 radical (unpaired) electrons.